The molecule has 14 heavy (non-hydrogen) atoms. The molecule has 2 heteroatoms. The number of nitrogens with zero attached hydrogens (tertiary/aromatic N) is 1. The molecule has 0 aromatic heterocycles. The number of rotatable bonds is 4. The molecule has 0 aromatic carbocycles. The molecule has 0 aliphatic carbocycles. The average molecular weight is 195 g/mol. The minimum absolute atomic E-state index is 0.682. The lowest BCUT2D eigenvalue weighted by molar-refractivity contribution is -0.104. The Labute approximate surface area is 87.0 Å². The third-order valence-corrected chi connectivity index (χ3v) is 3.06. The number of carbonyl (C=O) groups is 1. The number of piperidine rings is 1. The predicted octanol–water partition coefficient (Wildman–Crippen LogP) is 2.25. The monoisotopic (exact) mass is 195 g/mol. The molecule has 80 valence electrons. The number of carbonyl (C=O) groups excluding carboxylic acids is 1. The minimum atomic E-state index is 0.682. The Balaban J connectivity index is 2.22. The maximum atomic E-state index is 10.1. The molecule has 1 aliphatic rings. The first-order valence-electron chi connectivity index (χ1n) is 5.58. The third kappa shape index (κ3) is 3.62. The number of hydrogen-bond donors (Lipinski definition) is 0. The van der Waals surface area contributed by atoms with Crippen LogP contribution in [0.15, 0.2) is 12.2 Å². The van der Waals surface area contributed by atoms with E-state index in [1.165, 1.54) is 25.9 Å². The number of hydrogen-bond acceptors (Lipinski definition) is 2. The third-order valence-electron chi connectivity index (χ3n) is 3.06. The Kier molecular flexibility index (Phi) is 4.88. The van der Waals surface area contributed by atoms with Gasteiger partial charge in [-0.25, -0.2) is 0 Å². The van der Waals surface area contributed by atoms with Crippen LogP contribution in [0.5, 0.6) is 0 Å². The van der Waals surface area contributed by atoms with E-state index >= 15 is 0 Å². The van der Waals surface area contributed by atoms with Gasteiger partial charge >= 0.3 is 0 Å². The summed E-state index contributed by atoms with van der Waals surface area (Å²) in [6.45, 7) is 6.95. The fourth-order valence-corrected chi connectivity index (χ4v) is 2.03. The van der Waals surface area contributed by atoms with Crippen LogP contribution in [0.2, 0.25) is 0 Å². The zero-order valence-electron chi connectivity index (χ0n) is 9.28. The summed E-state index contributed by atoms with van der Waals surface area (Å²) < 4.78 is 0. The predicted molar refractivity (Wildman–Crippen MR) is 59.3 cm³/mol. The van der Waals surface area contributed by atoms with E-state index in [4.69, 9.17) is 0 Å². The molecule has 0 radical (unpaired) electrons. The summed E-state index contributed by atoms with van der Waals surface area (Å²) in [7, 11) is 0. The van der Waals surface area contributed by atoms with Crippen molar-refractivity contribution in [3.8, 4) is 0 Å². The van der Waals surface area contributed by atoms with Crippen LogP contribution in [0.3, 0.4) is 0 Å². The molecular formula is C12H21NO. The van der Waals surface area contributed by atoms with Crippen molar-refractivity contribution in [2.24, 2.45) is 5.92 Å². The molecule has 0 bridgehead atoms. The molecule has 0 unspecified atom stereocenters. The molecule has 1 heterocycles. The molecule has 1 fully saturated rings. The van der Waals surface area contributed by atoms with Gasteiger partial charge in [0.1, 0.15) is 6.29 Å². The average Bonchev–Trinajstić information content (AvgIpc) is 2.19. The van der Waals surface area contributed by atoms with Crippen LogP contribution in [-0.2, 0) is 4.79 Å². The van der Waals surface area contributed by atoms with E-state index in [2.05, 4.69) is 18.7 Å². The van der Waals surface area contributed by atoms with Gasteiger partial charge in [0.15, 0.2) is 0 Å². The number of likely N-dealkylation sites (tertiary alicyclic amines) is 1. The van der Waals surface area contributed by atoms with Crippen molar-refractivity contribution in [3.05, 3.63) is 12.2 Å². The van der Waals surface area contributed by atoms with E-state index in [0.717, 1.165) is 18.6 Å². The largest absolute Gasteiger partial charge is 0.301 e. The van der Waals surface area contributed by atoms with Gasteiger partial charge < -0.3 is 4.90 Å². The normalized spacial score (nSPS) is 20.8. The van der Waals surface area contributed by atoms with E-state index in [1.54, 1.807) is 6.08 Å². The molecular weight excluding hydrogens is 174 g/mol. The van der Waals surface area contributed by atoms with Crippen molar-refractivity contribution < 1.29 is 4.79 Å². The lowest BCUT2D eigenvalue weighted by Gasteiger charge is -2.34. The molecule has 0 N–H and O–H groups in total. The zero-order chi connectivity index (χ0) is 10.4. The lowest BCUT2D eigenvalue weighted by Crippen LogP contribution is -2.38. The summed E-state index contributed by atoms with van der Waals surface area (Å²) in [5, 5.41) is 0. The quantitative estimate of drug-likeness (QED) is 0.506. The maximum Gasteiger partial charge on any atom is 0.142 e. The zero-order valence-corrected chi connectivity index (χ0v) is 9.28. The minimum Gasteiger partial charge on any atom is -0.301 e. The van der Waals surface area contributed by atoms with Gasteiger partial charge in [0.05, 0.1) is 0 Å². The van der Waals surface area contributed by atoms with E-state index in [-0.39, 0.29) is 0 Å². The van der Waals surface area contributed by atoms with Gasteiger partial charge in [0.25, 0.3) is 0 Å². The van der Waals surface area contributed by atoms with Crippen LogP contribution in [0.25, 0.3) is 0 Å². The molecule has 0 aromatic rings. The maximum absolute atomic E-state index is 10.1. The molecule has 0 atom stereocenters. The number of allylic oxidation sites excluding steroid dienone is 2. The molecule has 2 nitrogen and oxygen atoms in total. The van der Waals surface area contributed by atoms with Crippen molar-refractivity contribution in [1.29, 1.82) is 0 Å². The van der Waals surface area contributed by atoms with Crippen LogP contribution in [-0.4, -0.2) is 30.3 Å². The highest BCUT2D eigenvalue weighted by Gasteiger charge is 2.19. The Morgan fingerprint density at radius 3 is 2.50 bits per heavy atom. The summed E-state index contributed by atoms with van der Waals surface area (Å²) in [6, 6.07) is 0.682. The summed E-state index contributed by atoms with van der Waals surface area (Å²) >= 11 is 0. The van der Waals surface area contributed by atoms with Gasteiger partial charge in [-0.05, 0) is 58.2 Å². The van der Waals surface area contributed by atoms with Crippen LogP contribution in [0.4, 0.5) is 0 Å². The topological polar surface area (TPSA) is 20.3 Å². The molecule has 0 saturated carbocycles. The van der Waals surface area contributed by atoms with E-state index < -0.39 is 0 Å². The number of aldehydes is 1. The van der Waals surface area contributed by atoms with Gasteiger partial charge in [0.2, 0.25) is 0 Å². The second-order valence-corrected chi connectivity index (χ2v) is 4.37. The highest BCUT2D eigenvalue weighted by molar-refractivity contribution is 5.64. The van der Waals surface area contributed by atoms with Crippen molar-refractivity contribution in [1.82, 2.24) is 4.90 Å². The fraction of sp³-hybridized carbons (Fsp3) is 0.750. The molecule has 0 amide bonds. The first kappa shape index (κ1) is 11.4. The second kappa shape index (κ2) is 5.97. The van der Waals surface area contributed by atoms with Gasteiger partial charge in [-0.1, -0.05) is 6.08 Å². The van der Waals surface area contributed by atoms with Crippen LogP contribution >= 0.6 is 0 Å². The first-order valence-corrected chi connectivity index (χ1v) is 5.58. The van der Waals surface area contributed by atoms with E-state index in [1.807, 2.05) is 6.08 Å². The van der Waals surface area contributed by atoms with Gasteiger partial charge in [-0.2, -0.15) is 0 Å². The van der Waals surface area contributed by atoms with Crippen LogP contribution < -0.4 is 0 Å². The molecule has 0 spiro atoms. The Hall–Kier alpha value is -0.630. The van der Waals surface area contributed by atoms with Crippen molar-refractivity contribution in [2.75, 3.05) is 13.1 Å². The summed E-state index contributed by atoms with van der Waals surface area (Å²) in [4.78, 5) is 12.6. The SMILES string of the molecule is CC(C)N1CCC(C/C=C\C=O)CC1. The standard InChI is InChI=1S/C12H21NO/c1-11(2)13-8-6-12(7-9-13)5-3-4-10-14/h3-4,10-12H,5-9H2,1-2H3/b4-3-. The van der Waals surface area contributed by atoms with Crippen molar-refractivity contribution in [2.45, 2.75) is 39.2 Å². The van der Waals surface area contributed by atoms with Crippen molar-refractivity contribution in [3.63, 3.8) is 0 Å². The van der Waals surface area contributed by atoms with Crippen LogP contribution in [0, 0.1) is 5.92 Å². The second-order valence-electron chi connectivity index (χ2n) is 4.37. The van der Waals surface area contributed by atoms with Gasteiger partial charge in [0, 0.05) is 6.04 Å². The van der Waals surface area contributed by atoms with Gasteiger partial charge in [-0.15, -0.1) is 0 Å². The fourth-order valence-electron chi connectivity index (χ4n) is 2.03. The Bertz CT molecular complexity index is 190. The Morgan fingerprint density at radius 1 is 1.36 bits per heavy atom. The van der Waals surface area contributed by atoms with Crippen molar-refractivity contribution >= 4 is 6.29 Å². The lowest BCUT2D eigenvalue weighted by atomic mass is 9.93. The first-order chi connectivity index (χ1) is 6.74. The smallest absolute Gasteiger partial charge is 0.142 e. The molecule has 1 rings (SSSR count). The highest BCUT2D eigenvalue weighted by atomic mass is 16.1. The highest BCUT2D eigenvalue weighted by Crippen LogP contribution is 2.21. The molecule has 1 aliphatic heterocycles. The molecule has 1 saturated heterocycles. The Morgan fingerprint density at radius 2 is 2.00 bits per heavy atom. The summed E-state index contributed by atoms with van der Waals surface area (Å²) in [5.41, 5.74) is 0. The van der Waals surface area contributed by atoms with Gasteiger partial charge in [-0.3, -0.25) is 4.79 Å². The van der Waals surface area contributed by atoms with Crippen LogP contribution in [0.1, 0.15) is 33.1 Å². The summed E-state index contributed by atoms with van der Waals surface area (Å²) in [6.07, 6.45) is 8.12. The van der Waals surface area contributed by atoms with E-state index in [9.17, 15) is 4.79 Å². The van der Waals surface area contributed by atoms with E-state index in [0.29, 0.717) is 6.04 Å². The summed E-state index contributed by atoms with van der Waals surface area (Å²) in [5.74, 6) is 0.793.